The second-order valence-electron chi connectivity index (χ2n) is 7.39. The number of nitrogens with zero attached hydrogens (tertiary/aromatic N) is 4. The van der Waals surface area contributed by atoms with E-state index in [4.69, 9.17) is 23.2 Å². The van der Waals surface area contributed by atoms with Crippen molar-refractivity contribution in [3.05, 3.63) is 58.1 Å². The van der Waals surface area contributed by atoms with E-state index in [-0.39, 0.29) is 18.1 Å². The first kappa shape index (κ1) is 21.6. The summed E-state index contributed by atoms with van der Waals surface area (Å²) in [5.41, 5.74) is 1.10. The molecule has 0 radical (unpaired) electrons. The summed E-state index contributed by atoms with van der Waals surface area (Å²) in [6.45, 7) is 2.77. The summed E-state index contributed by atoms with van der Waals surface area (Å²) >= 11 is 12.4. The first-order chi connectivity index (χ1) is 14.8. The van der Waals surface area contributed by atoms with Gasteiger partial charge in [0.1, 0.15) is 6.54 Å². The molecule has 0 unspecified atom stereocenters. The van der Waals surface area contributed by atoms with Gasteiger partial charge >= 0.3 is 6.03 Å². The summed E-state index contributed by atoms with van der Waals surface area (Å²) in [5, 5.41) is 0.972. The highest BCUT2D eigenvalue weighted by Crippen LogP contribution is 2.33. The number of urea groups is 1. The van der Waals surface area contributed by atoms with Crippen molar-refractivity contribution in [3.63, 3.8) is 0 Å². The molecule has 164 valence electrons. The lowest BCUT2D eigenvalue weighted by molar-refractivity contribution is -0.131. The van der Waals surface area contributed by atoms with Crippen LogP contribution in [0, 0.1) is 11.6 Å². The van der Waals surface area contributed by atoms with Crippen molar-refractivity contribution >= 4 is 46.5 Å². The molecule has 3 amide bonds. The minimum absolute atomic E-state index is 0.0586. The van der Waals surface area contributed by atoms with Crippen LogP contribution in [0.3, 0.4) is 0 Å². The maximum atomic E-state index is 13.5. The van der Waals surface area contributed by atoms with Gasteiger partial charge in [-0.15, -0.1) is 0 Å². The zero-order chi connectivity index (χ0) is 22.1. The molecule has 2 aromatic rings. The van der Waals surface area contributed by atoms with Crippen LogP contribution in [0.15, 0.2) is 36.4 Å². The molecule has 0 N–H and O–H groups in total. The fraction of sp³-hybridized carbons (Fsp3) is 0.333. The number of halogens is 4. The molecule has 2 heterocycles. The minimum atomic E-state index is -1.02. The van der Waals surface area contributed by atoms with E-state index in [0.717, 1.165) is 17.8 Å². The molecule has 31 heavy (non-hydrogen) atoms. The normalized spacial score (nSPS) is 17.0. The van der Waals surface area contributed by atoms with E-state index >= 15 is 0 Å². The highest BCUT2D eigenvalue weighted by Gasteiger charge is 2.33. The van der Waals surface area contributed by atoms with Crippen LogP contribution in [-0.4, -0.2) is 67.6 Å². The SMILES string of the molecule is O=C(CN1CCN(c2ccc(F)c(F)c2)C1=O)N1CCN(c2cccc(Cl)c2Cl)CC1. The molecule has 2 aliphatic rings. The first-order valence-corrected chi connectivity index (χ1v) is 10.6. The summed E-state index contributed by atoms with van der Waals surface area (Å²) in [7, 11) is 0. The van der Waals surface area contributed by atoms with Gasteiger partial charge in [0, 0.05) is 51.0 Å². The van der Waals surface area contributed by atoms with Crippen LogP contribution in [0.4, 0.5) is 25.0 Å². The lowest BCUT2D eigenvalue weighted by Gasteiger charge is -2.37. The highest BCUT2D eigenvalue weighted by molar-refractivity contribution is 6.43. The standard InChI is InChI=1S/C21H20Cl2F2N4O2/c22-15-2-1-3-18(20(15)23)26-6-8-27(9-7-26)19(30)13-28-10-11-29(21(28)31)14-4-5-16(24)17(25)12-14/h1-5,12H,6-11,13H2. The van der Waals surface area contributed by atoms with E-state index in [1.165, 1.54) is 15.9 Å². The topological polar surface area (TPSA) is 47.1 Å². The Labute approximate surface area is 188 Å². The average molecular weight is 469 g/mol. The zero-order valence-corrected chi connectivity index (χ0v) is 18.0. The van der Waals surface area contributed by atoms with Gasteiger partial charge in [-0.1, -0.05) is 29.3 Å². The number of piperazine rings is 1. The van der Waals surface area contributed by atoms with Crippen LogP contribution in [0.5, 0.6) is 0 Å². The largest absolute Gasteiger partial charge is 0.367 e. The maximum Gasteiger partial charge on any atom is 0.325 e. The maximum absolute atomic E-state index is 13.5. The van der Waals surface area contributed by atoms with Gasteiger partial charge in [-0.05, 0) is 24.3 Å². The van der Waals surface area contributed by atoms with Crippen LogP contribution in [0.1, 0.15) is 0 Å². The molecule has 2 saturated heterocycles. The number of rotatable bonds is 4. The van der Waals surface area contributed by atoms with Crippen molar-refractivity contribution in [1.29, 1.82) is 0 Å². The van der Waals surface area contributed by atoms with Gasteiger partial charge in [0.15, 0.2) is 11.6 Å². The lowest BCUT2D eigenvalue weighted by Crippen LogP contribution is -2.51. The Morgan fingerprint density at radius 1 is 0.935 bits per heavy atom. The second kappa shape index (κ2) is 8.88. The summed E-state index contributed by atoms with van der Waals surface area (Å²) < 4.78 is 26.7. The second-order valence-corrected chi connectivity index (χ2v) is 8.18. The molecule has 0 saturated carbocycles. The fourth-order valence-electron chi connectivity index (χ4n) is 3.82. The van der Waals surface area contributed by atoms with Gasteiger partial charge in [-0.2, -0.15) is 0 Å². The summed E-state index contributed by atoms with van der Waals surface area (Å²) in [5.74, 6) is -2.14. The van der Waals surface area contributed by atoms with E-state index in [0.29, 0.717) is 49.3 Å². The number of benzene rings is 2. The summed E-state index contributed by atoms with van der Waals surface area (Å²) in [6.07, 6.45) is 0. The number of hydrogen-bond donors (Lipinski definition) is 0. The number of carbonyl (C=O) groups is 2. The molecule has 0 aliphatic carbocycles. The molecule has 2 fully saturated rings. The summed E-state index contributed by atoms with van der Waals surface area (Å²) in [6, 6.07) is 8.37. The van der Waals surface area contributed by atoms with Gasteiger partial charge in [0.25, 0.3) is 0 Å². The smallest absolute Gasteiger partial charge is 0.325 e. The van der Waals surface area contributed by atoms with Crippen molar-refractivity contribution < 1.29 is 18.4 Å². The van der Waals surface area contributed by atoms with E-state index in [9.17, 15) is 18.4 Å². The van der Waals surface area contributed by atoms with Gasteiger partial charge < -0.3 is 14.7 Å². The number of hydrogen-bond acceptors (Lipinski definition) is 3. The Hall–Kier alpha value is -2.58. The van der Waals surface area contributed by atoms with Crippen LogP contribution in [0.25, 0.3) is 0 Å². The summed E-state index contributed by atoms with van der Waals surface area (Å²) in [4.78, 5) is 31.9. The molecule has 0 spiro atoms. The third-order valence-corrected chi connectivity index (χ3v) is 6.35. The third kappa shape index (κ3) is 4.41. The molecule has 0 atom stereocenters. The Kier molecular flexibility index (Phi) is 6.20. The van der Waals surface area contributed by atoms with Gasteiger partial charge in [0.05, 0.1) is 15.7 Å². The molecule has 0 bridgehead atoms. The van der Waals surface area contributed by atoms with Crippen molar-refractivity contribution in [2.45, 2.75) is 0 Å². The van der Waals surface area contributed by atoms with Gasteiger partial charge in [0.2, 0.25) is 5.91 Å². The van der Waals surface area contributed by atoms with Crippen molar-refractivity contribution in [3.8, 4) is 0 Å². The van der Waals surface area contributed by atoms with E-state index in [2.05, 4.69) is 4.90 Å². The highest BCUT2D eigenvalue weighted by atomic mass is 35.5. The third-order valence-electron chi connectivity index (χ3n) is 5.54. The van der Waals surface area contributed by atoms with Crippen LogP contribution >= 0.6 is 23.2 Å². The molecule has 4 rings (SSSR count). The van der Waals surface area contributed by atoms with Crippen LogP contribution in [-0.2, 0) is 4.79 Å². The Morgan fingerprint density at radius 3 is 2.39 bits per heavy atom. The van der Waals surface area contributed by atoms with Gasteiger partial charge in [-0.25, -0.2) is 13.6 Å². The van der Waals surface area contributed by atoms with Crippen LogP contribution in [0.2, 0.25) is 10.0 Å². The molecule has 6 nitrogen and oxygen atoms in total. The van der Waals surface area contributed by atoms with Crippen LogP contribution < -0.4 is 9.80 Å². The van der Waals surface area contributed by atoms with E-state index in [1.807, 2.05) is 12.1 Å². The lowest BCUT2D eigenvalue weighted by atomic mass is 10.2. The van der Waals surface area contributed by atoms with Gasteiger partial charge in [-0.3, -0.25) is 9.69 Å². The molecule has 0 aromatic heterocycles. The predicted octanol–water partition coefficient (Wildman–Crippen LogP) is 3.86. The Bertz CT molecular complexity index is 1010. The average Bonchev–Trinajstić information content (AvgIpc) is 3.12. The quantitative estimate of drug-likeness (QED) is 0.684. The predicted molar refractivity (Wildman–Crippen MR) is 116 cm³/mol. The molecule has 2 aliphatic heterocycles. The monoisotopic (exact) mass is 468 g/mol. The Morgan fingerprint density at radius 2 is 1.68 bits per heavy atom. The molecule has 2 aromatic carbocycles. The number of anilines is 2. The number of amides is 3. The molecule has 10 heteroatoms. The van der Waals surface area contributed by atoms with Crippen molar-refractivity contribution in [2.24, 2.45) is 0 Å². The van der Waals surface area contributed by atoms with E-state index < -0.39 is 17.7 Å². The minimum Gasteiger partial charge on any atom is -0.367 e. The zero-order valence-electron chi connectivity index (χ0n) is 16.5. The van der Waals surface area contributed by atoms with E-state index in [1.54, 1.807) is 11.0 Å². The first-order valence-electron chi connectivity index (χ1n) is 9.83. The molecular weight excluding hydrogens is 449 g/mol. The fourth-order valence-corrected chi connectivity index (χ4v) is 4.23. The number of carbonyl (C=O) groups excluding carboxylic acids is 2. The van der Waals surface area contributed by atoms with Crippen molar-refractivity contribution in [1.82, 2.24) is 9.80 Å². The molecular formula is C21H20Cl2F2N4O2. The Balaban J connectivity index is 1.33. The van der Waals surface area contributed by atoms with Crippen molar-refractivity contribution in [2.75, 3.05) is 55.6 Å².